The summed E-state index contributed by atoms with van der Waals surface area (Å²) in [5.41, 5.74) is 0. The Morgan fingerprint density at radius 2 is 2.16 bits per heavy atom. The summed E-state index contributed by atoms with van der Waals surface area (Å²) >= 11 is 0. The maximum Gasteiger partial charge on any atom is 0.229 e. The van der Waals surface area contributed by atoms with E-state index in [1.54, 1.807) is 18.2 Å². The second-order valence-corrected chi connectivity index (χ2v) is 6.81. The van der Waals surface area contributed by atoms with Gasteiger partial charge in [-0.25, -0.2) is 4.39 Å². The molecule has 4 rings (SSSR count). The number of aromatic nitrogens is 2. The SMILES string of the molecule is O[C@@H](COc1ccccc1F)CN1CCC[C@H]1c1noc(C2CC2)n1. The lowest BCUT2D eigenvalue weighted by molar-refractivity contribution is 0.0611. The Labute approximate surface area is 145 Å². The first-order valence-corrected chi connectivity index (χ1v) is 8.83. The van der Waals surface area contributed by atoms with Crippen molar-refractivity contribution in [2.45, 2.75) is 43.7 Å². The Kier molecular flexibility index (Phi) is 4.67. The van der Waals surface area contributed by atoms with Gasteiger partial charge in [0.25, 0.3) is 0 Å². The average Bonchev–Trinajstić information content (AvgIpc) is 3.16. The van der Waals surface area contributed by atoms with Crippen molar-refractivity contribution < 1.29 is 18.8 Å². The molecular weight excluding hydrogens is 325 g/mol. The van der Waals surface area contributed by atoms with Crippen LogP contribution in [0.15, 0.2) is 28.8 Å². The number of ether oxygens (including phenoxy) is 1. The van der Waals surface area contributed by atoms with Gasteiger partial charge in [-0.1, -0.05) is 17.3 Å². The molecule has 1 aliphatic heterocycles. The Morgan fingerprint density at radius 1 is 1.32 bits per heavy atom. The first-order valence-electron chi connectivity index (χ1n) is 8.83. The molecule has 0 unspecified atom stereocenters. The number of hydrogen-bond acceptors (Lipinski definition) is 6. The number of likely N-dealkylation sites (tertiary alicyclic amines) is 1. The average molecular weight is 347 g/mol. The van der Waals surface area contributed by atoms with Crippen molar-refractivity contribution in [3.05, 3.63) is 41.8 Å². The van der Waals surface area contributed by atoms with Gasteiger partial charge in [0.1, 0.15) is 12.7 Å². The number of rotatable bonds is 7. The monoisotopic (exact) mass is 347 g/mol. The van der Waals surface area contributed by atoms with E-state index in [1.165, 1.54) is 6.07 Å². The van der Waals surface area contributed by atoms with Gasteiger partial charge in [-0.3, -0.25) is 4.90 Å². The molecule has 25 heavy (non-hydrogen) atoms. The molecule has 2 heterocycles. The van der Waals surface area contributed by atoms with Crippen LogP contribution < -0.4 is 4.74 Å². The molecule has 6 nitrogen and oxygen atoms in total. The second kappa shape index (κ2) is 7.09. The molecule has 2 fully saturated rings. The molecule has 0 radical (unpaired) electrons. The number of aliphatic hydroxyl groups is 1. The minimum atomic E-state index is -0.713. The van der Waals surface area contributed by atoms with E-state index in [-0.39, 0.29) is 18.4 Å². The molecule has 0 amide bonds. The highest BCUT2D eigenvalue weighted by atomic mass is 19.1. The third-order valence-electron chi connectivity index (χ3n) is 4.76. The van der Waals surface area contributed by atoms with Crippen LogP contribution in [-0.2, 0) is 0 Å². The van der Waals surface area contributed by atoms with Gasteiger partial charge in [-0.05, 0) is 44.4 Å². The summed E-state index contributed by atoms with van der Waals surface area (Å²) in [4.78, 5) is 6.68. The fraction of sp³-hybridized carbons (Fsp3) is 0.556. The van der Waals surface area contributed by atoms with Gasteiger partial charge in [-0.15, -0.1) is 0 Å². The van der Waals surface area contributed by atoms with Crippen molar-refractivity contribution in [3.63, 3.8) is 0 Å². The van der Waals surface area contributed by atoms with E-state index in [1.807, 2.05) is 0 Å². The van der Waals surface area contributed by atoms with Gasteiger partial charge in [0.2, 0.25) is 5.89 Å². The molecule has 7 heteroatoms. The fourth-order valence-electron chi connectivity index (χ4n) is 3.29. The Bertz CT molecular complexity index is 719. The maximum absolute atomic E-state index is 13.6. The van der Waals surface area contributed by atoms with E-state index in [9.17, 15) is 9.50 Å². The number of benzene rings is 1. The summed E-state index contributed by atoms with van der Waals surface area (Å²) in [5.74, 6) is 1.63. The summed E-state index contributed by atoms with van der Waals surface area (Å²) in [6.07, 6.45) is 3.52. The van der Waals surface area contributed by atoms with Gasteiger partial charge in [-0.2, -0.15) is 4.98 Å². The first-order chi connectivity index (χ1) is 12.2. The van der Waals surface area contributed by atoms with Crippen LogP contribution in [0.2, 0.25) is 0 Å². The molecule has 134 valence electrons. The Hall–Kier alpha value is -1.99. The molecule has 1 saturated carbocycles. The van der Waals surface area contributed by atoms with Crippen LogP contribution in [0.4, 0.5) is 4.39 Å². The molecule has 0 spiro atoms. The number of hydrogen-bond donors (Lipinski definition) is 1. The van der Waals surface area contributed by atoms with Crippen molar-refractivity contribution in [1.29, 1.82) is 0 Å². The third-order valence-corrected chi connectivity index (χ3v) is 4.76. The lowest BCUT2D eigenvalue weighted by atomic mass is 10.2. The van der Waals surface area contributed by atoms with E-state index in [0.29, 0.717) is 18.3 Å². The Balaban J connectivity index is 1.33. The predicted octanol–water partition coefficient (Wildman–Crippen LogP) is 2.66. The number of halogens is 1. The smallest absolute Gasteiger partial charge is 0.229 e. The third kappa shape index (κ3) is 3.82. The van der Waals surface area contributed by atoms with Crippen molar-refractivity contribution in [3.8, 4) is 5.75 Å². The van der Waals surface area contributed by atoms with Crippen molar-refractivity contribution in [2.24, 2.45) is 0 Å². The van der Waals surface area contributed by atoms with Crippen LogP contribution >= 0.6 is 0 Å². The predicted molar refractivity (Wildman–Crippen MR) is 87.7 cm³/mol. The first kappa shape index (κ1) is 16.5. The molecule has 1 aromatic carbocycles. The highest BCUT2D eigenvalue weighted by Gasteiger charge is 2.34. The number of para-hydroxylation sites is 1. The molecule has 2 aliphatic rings. The zero-order valence-corrected chi connectivity index (χ0v) is 14.0. The topological polar surface area (TPSA) is 71.6 Å². The molecule has 2 atom stereocenters. The van der Waals surface area contributed by atoms with Crippen LogP contribution in [0.25, 0.3) is 0 Å². The van der Waals surface area contributed by atoms with E-state index in [0.717, 1.165) is 38.1 Å². The van der Waals surface area contributed by atoms with Gasteiger partial charge in [0, 0.05) is 12.5 Å². The van der Waals surface area contributed by atoms with Crippen LogP contribution in [0.3, 0.4) is 0 Å². The molecule has 1 saturated heterocycles. The quantitative estimate of drug-likeness (QED) is 0.830. The normalized spacial score (nSPS) is 22.2. The molecular formula is C18H22FN3O3. The van der Waals surface area contributed by atoms with E-state index < -0.39 is 11.9 Å². The van der Waals surface area contributed by atoms with Gasteiger partial charge in [0.15, 0.2) is 17.4 Å². The van der Waals surface area contributed by atoms with Gasteiger partial charge < -0.3 is 14.4 Å². The van der Waals surface area contributed by atoms with Crippen molar-refractivity contribution in [1.82, 2.24) is 15.0 Å². The highest BCUT2D eigenvalue weighted by Crippen LogP contribution is 2.40. The summed E-state index contributed by atoms with van der Waals surface area (Å²) in [6.45, 7) is 1.35. The van der Waals surface area contributed by atoms with Gasteiger partial charge in [0.05, 0.1) is 6.04 Å². The standard InChI is InChI=1S/C18H22FN3O3/c19-14-4-1-2-6-16(14)24-11-13(23)10-22-9-3-5-15(22)17-20-18(25-21-17)12-7-8-12/h1-2,4,6,12-13,15,23H,3,5,7-11H2/t13-,15+/m1/s1. The second-order valence-electron chi connectivity index (χ2n) is 6.81. The highest BCUT2D eigenvalue weighted by molar-refractivity contribution is 5.23. The fourth-order valence-corrected chi connectivity index (χ4v) is 3.29. The molecule has 1 N–H and O–H groups in total. The van der Waals surface area contributed by atoms with Crippen LogP contribution in [0.5, 0.6) is 5.75 Å². The van der Waals surface area contributed by atoms with E-state index >= 15 is 0 Å². The number of β-amino-alcohol motifs (C(OH)–C–C–N with tert-alkyl or cyclic N) is 1. The number of nitrogens with zero attached hydrogens (tertiary/aromatic N) is 3. The zero-order chi connectivity index (χ0) is 17.2. The maximum atomic E-state index is 13.6. The number of aliphatic hydroxyl groups excluding tert-OH is 1. The lowest BCUT2D eigenvalue weighted by Gasteiger charge is -2.24. The minimum absolute atomic E-state index is 0.0454. The van der Waals surface area contributed by atoms with Crippen molar-refractivity contribution in [2.75, 3.05) is 19.7 Å². The van der Waals surface area contributed by atoms with Crippen molar-refractivity contribution >= 4 is 0 Å². The summed E-state index contributed by atoms with van der Waals surface area (Å²) in [6, 6.07) is 6.27. The Morgan fingerprint density at radius 3 is 2.96 bits per heavy atom. The largest absolute Gasteiger partial charge is 0.488 e. The van der Waals surface area contributed by atoms with Crippen LogP contribution in [0, 0.1) is 5.82 Å². The summed E-state index contributed by atoms with van der Waals surface area (Å²) in [5, 5.41) is 14.4. The molecule has 1 aromatic heterocycles. The molecule has 2 aromatic rings. The van der Waals surface area contributed by atoms with Crippen LogP contribution in [-0.4, -0.2) is 45.9 Å². The summed E-state index contributed by atoms with van der Waals surface area (Å²) < 4.78 is 24.3. The zero-order valence-electron chi connectivity index (χ0n) is 14.0. The summed E-state index contributed by atoms with van der Waals surface area (Å²) in [7, 11) is 0. The lowest BCUT2D eigenvalue weighted by Crippen LogP contribution is -2.35. The molecule has 0 bridgehead atoms. The van der Waals surface area contributed by atoms with Gasteiger partial charge >= 0.3 is 0 Å². The van der Waals surface area contributed by atoms with Crippen LogP contribution in [0.1, 0.15) is 49.4 Å². The molecule has 1 aliphatic carbocycles. The van der Waals surface area contributed by atoms with E-state index in [2.05, 4.69) is 15.0 Å². The minimum Gasteiger partial charge on any atom is -0.488 e. The van der Waals surface area contributed by atoms with E-state index in [4.69, 9.17) is 9.26 Å².